The maximum atomic E-state index is 12.1. The van der Waals surface area contributed by atoms with Crippen LogP contribution >= 0.6 is 11.6 Å². The maximum Gasteiger partial charge on any atom is 0.255 e. The van der Waals surface area contributed by atoms with E-state index in [4.69, 9.17) is 11.6 Å². The van der Waals surface area contributed by atoms with Crippen LogP contribution in [-0.4, -0.2) is 28.0 Å². The number of carbonyl (C=O) groups excluding carboxylic acids is 1. The molecule has 3 N–H and O–H groups in total. The molecule has 1 atom stereocenters. The van der Waals surface area contributed by atoms with Gasteiger partial charge in [-0.1, -0.05) is 20.8 Å². The van der Waals surface area contributed by atoms with Crippen molar-refractivity contribution in [3.05, 3.63) is 23.8 Å². The zero-order chi connectivity index (χ0) is 14.6. The molecule has 1 amide bonds. The van der Waals surface area contributed by atoms with Crippen molar-refractivity contribution in [3.8, 4) is 11.5 Å². The summed E-state index contributed by atoms with van der Waals surface area (Å²) in [5.74, 6) is -0.200. The van der Waals surface area contributed by atoms with Crippen molar-refractivity contribution >= 4 is 17.5 Å². The molecule has 0 heterocycles. The average Bonchev–Trinajstić information content (AvgIpc) is 2.30. The fourth-order valence-corrected chi connectivity index (χ4v) is 1.99. The van der Waals surface area contributed by atoms with Gasteiger partial charge in [0, 0.05) is 11.9 Å². The Morgan fingerprint density at radius 3 is 2.53 bits per heavy atom. The second-order valence-corrected chi connectivity index (χ2v) is 5.95. The molecule has 0 aliphatic heterocycles. The van der Waals surface area contributed by atoms with Crippen LogP contribution in [0, 0.1) is 5.41 Å². The predicted molar refractivity (Wildman–Crippen MR) is 75.8 cm³/mol. The van der Waals surface area contributed by atoms with E-state index in [1.54, 1.807) is 0 Å². The molecular formula is C14H20ClNO3. The van der Waals surface area contributed by atoms with Crippen molar-refractivity contribution in [2.24, 2.45) is 5.41 Å². The molecule has 0 fully saturated rings. The molecule has 0 aliphatic carbocycles. The second-order valence-electron chi connectivity index (χ2n) is 5.57. The number of phenolic OH excluding ortho intramolecular Hbond substituents is 2. The number of hydrogen-bond donors (Lipinski definition) is 3. The van der Waals surface area contributed by atoms with Crippen LogP contribution in [0.4, 0.5) is 0 Å². The summed E-state index contributed by atoms with van der Waals surface area (Å²) < 4.78 is 0. The highest BCUT2D eigenvalue weighted by Gasteiger charge is 2.26. The zero-order valence-electron chi connectivity index (χ0n) is 11.4. The first-order valence-electron chi connectivity index (χ1n) is 6.14. The number of rotatable bonds is 4. The summed E-state index contributed by atoms with van der Waals surface area (Å²) in [5.41, 5.74) is -0.0828. The topological polar surface area (TPSA) is 69.6 Å². The second kappa shape index (κ2) is 6.15. The number of hydrogen-bond acceptors (Lipinski definition) is 3. The third kappa shape index (κ3) is 4.31. The van der Waals surface area contributed by atoms with Gasteiger partial charge in [0.05, 0.1) is 5.56 Å². The quantitative estimate of drug-likeness (QED) is 0.588. The van der Waals surface area contributed by atoms with Crippen LogP contribution in [0.3, 0.4) is 0 Å². The van der Waals surface area contributed by atoms with Gasteiger partial charge in [0.2, 0.25) is 0 Å². The molecule has 0 saturated heterocycles. The Hall–Kier alpha value is -1.42. The highest BCUT2D eigenvalue weighted by atomic mass is 35.5. The summed E-state index contributed by atoms with van der Waals surface area (Å²) in [6, 6.07) is 3.74. The third-order valence-electron chi connectivity index (χ3n) is 2.97. The van der Waals surface area contributed by atoms with Crippen LogP contribution < -0.4 is 5.32 Å². The van der Waals surface area contributed by atoms with Crippen LogP contribution in [0.15, 0.2) is 18.2 Å². The Morgan fingerprint density at radius 1 is 1.37 bits per heavy atom. The molecule has 0 aliphatic rings. The van der Waals surface area contributed by atoms with Crippen molar-refractivity contribution in [2.45, 2.75) is 33.2 Å². The van der Waals surface area contributed by atoms with E-state index in [0.29, 0.717) is 12.3 Å². The predicted octanol–water partition coefficient (Wildman–Crippen LogP) is 2.87. The molecular weight excluding hydrogens is 266 g/mol. The van der Waals surface area contributed by atoms with E-state index in [9.17, 15) is 15.0 Å². The molecule has 106 valence electrons. The van der Waals surface area contributed by atoms with E-state index in [-0.39, 0.29) is 28.5 Å². The summed E-state index contributed by atoms with van der Waals surface area (Å²) >= 11 is 5.75. The molecule has 19 heavy (non-hydrogen) atoms. The van der Waals surface area contributed by atoms with Gasteiger partial charge in [0.25, 0.3) is 5.91 Å². The molecule has 1 rings (SSSR count). The average molecular weight is 286 g/mol. The lowest BCUT2D eigenvalue weighted by Crippen LogP contribution is -2.44. The highest BCUT2D eigenvalue weighted by molar-refractivity contribution is 6.17. The number of phenols is 2. The molecule has 0 spiro atoms. The van der Waals surface area contributed by atoms with Gasteiger partial charge in [0.15, 0.2) is 0 Å². The molecule has 0 radical (unpaired) electrons. The van der Waals surface area contributed by atoms with Gasteiger partial charge in [0.1, 0.15) is 11.5 Å². The molecule has 1 aromatic rings. The number of nitrogens with one attached hydrogen (secondary N) is 1. The first-order chi connectivity index (χ1) is 8.75. The molecule has 0 bridgehead atoms. The largest absolute Gasteiger partial charge is 0.508 e. The third-order valence-corrected chi connectivity index (χ3v) is 3.19. The smallest absolute Gasteiger partial charge is 0.255 e. The Labute approximate surface area is 118 Å². The Bertz CT molecular complexity index is 454. The van der Waals surface area contributed by atoms with Gasteiger partial charge in [-0.05, 0) is 30.0 Å². The van der Waals surface area contributed by atoms with Crippen LogP contribution in [0.5, 0.6) is 11.5 Å². The lowest BCUT2D eigenvalue weighted by Gasteiger charge is -2.31. The molecule has 0 saturated carbocycles. The minimum absolute atomic E-state index is 0.0591. The van der Waals surface area contributed by atoms with Crippen LogP contribution in [-0.2, 0) is 0 Å². The SMILES string of the molecule is CC(C)(C)C(CCCl)NC(=O)c1cc(O)ccc1O. The van der Waals surface area contributed by atoms with Gasteiger partial charge in [-0.25, -0.2) is 0 Å². The Balaban J connectivity index is 2.91. The van der Waals surface area contributed by atoms with Crippen LogP contribution in [0.25, 0.3) is 0 Å². The van der Waals surface area contributed by atoms with Crippen LogP contribution in [0.1, 0.15) is 37.6 Å². The minimum Gasteiger partial charge on any atom is -0.508 e. The summed E-state index contributed by atoms with van der Waals surface area (Å²) in [4.78, 5) is 12.1. The normalized spacial score (nSPS) is 13.1. The molecule has 1 aromatic carbocycles. The number of aromatic hydroxyl groups is 2. The first-order valence-corrected chi connectivity index (χ1v) is 6.68. The Morgan fingerprint density at radius 2 is 2.00 bits per heavy atom. The van der Waals surface area contributed by atoms with Gasteiger partial charge < -0.3 is 15.5 Å². The van der Waals surface area contributed by atoms with E-state index in [1.165, 1.54) is 18.2 Å². The van der Waals surface area contributed by atoms with Crippen LogP contribution in [0.2, 0.25) is 0 Å². The van der Waals surface area contributed by atoms with E-state index >= 15 is 0 Å². The van der Waals surface area contributed by atoms with E-state index in [1.807, 2.05) is 20.8 Å². The standard InChI is InChI=1S/C14H20ClNO3/c1-14(2,3)12(6-7-15)16-13(19)10-8-9(17)4-5-11(10)18/h4-5,8,12,17-18H,6-7H2,1-3H3,(H,16,19). The van der Waals surface area contributed by atoms with Crippen molar-refractivity contribution in [2.75, 3.05) is 5.88 Å². The van der Waals surface area contributed by atoms with E-state index in [0.717, 1.165) is 0 Å². The summed E-state index contributed by atoms with van der Waals surface area (Å²) in [7, 11) is 0. The molecule has 0 aromatic heterocycles. The fraction of sp³-hybridized carbons (Fsp3) is 0.500. The van der Waals surface area contributed by atoms with Crippen molar-refractivity contribution in [3.63, 3.8) is 0 Å². The number of benzene rings is 1. The van der Waals surface area contributed by atoms with Gasteiger partial charge >= 0.3 is 0 Å². The number of carbonyl (C=O) groups is 1. The minimum atomic E-state index is -0.418. The lowest BCUT2D eigenvalue weighted by molar-refractivity contribution is 0.0897. The van der Waals surface area contributed by atoms with Gasteiger partial charge in [-0.15, -0.1) is 11.6 Å². The van der Waals surface area contributed by atoms with E-state index < -0.39 is 5.91 Å². The molecule has 4 nitrogen and oxygen atoms in total. The monoisotopic (exact) mass is 285 g/mol. The zero-order valence-corrected chi connectivity index (χ0v) is 12.2. The van der Waals surface area contributed by atoms with Crippen molar-refractivity contribution < 1.29 is 15.0 Å². The number of halogens is 1. The van der Waals surface area contributed by atoms with Crippen molar-refractivity contribution in [1.82, 2.24) is 5.32 Å². The first kappa shape index (κ1) is 15.6. The van der Waals surface area contributed by atoms with E-state index in [2.05, 4.69) is 5.32 Å². The fourth-order valence-electron chi connectivity index (χ4n) is 1.77. The molecule has 1 unspecified atom stereocenters. The summed E-state index contributed by atoms with van der Waals surface area (Å²) in [5, 5.41) is 21.9. The lowest BCUT2D eigenvalue weighted by atomic mass is 9.85. The summed E-state index contributed by atoms with van der Waals surface area (Å²) in [6.45, 7) is 6.02. The van der Waals surface area contributed by atoms with Gasteiger partial charge in [-0.3, -0.25) is 4.79 Å². The molecule has 5 heteroatoms. The number of alkyl halides is 1. The van der Waals surface area contributed by atoms with Crippen molar-refractivity contribution in [1.29, 1.82) is 0 Å². The maximum absolute atomic E-state index is 12.1. The summed E-state index contributed by atoms with van der Waals surface area (Å²) in [6.07, 6.45) is 0.635. The van der Waals surface area contributed by atoms with Gasteiger partial charge in [-0.2, -0.15) is 0 Å². The highest BCUT2D eigenvalue weighted by Crippen LogP contribution is 2.25. The Kier molecular flexibility index (Phi) is 5.06. The number of amides is 1.